The number of carboxylic acid groups (broad SMARTS) is 1. The third-order valence-electron chi connectivity index (χ3n) is 9.41. The molecule has 0 spiro atoms. The van der Waals surface area contributed by atoms with Gasteiger partial charge < -0.3 is 33.9 Å². The standard InChI is InChI=1S/C32H54O10/c1-7-22(33)16-25-10-13-29(40-25)21(6)32(37)42-23(8-2)17-26-11-14-28(41-26)20(5)31(36)38-18(3)15-24-9-12-27(39-24)19(4)30(34)35/h18-29,33H,7-17H2,1-6H3,(H,34,35). The van der Waals surface area contributed by atoms with Crippen LogP contribution in [0, 0.1) is 17.8 Å². The molecule has 242 valence electrons. The highest BCUT2D eigenvalue weighted by Gasteiger charge is 2.39. The fourth-order valence-electron chi connectivity index (χ4n) is 6.34. The highest BCUT2D eigenvalue weighted by Crippen LogP contribution is 2.33. The lowest BCUT2D eigenvalue weighted by molar-refractivity contribution is -0.161. The van der Waals surface area contributed by atoms with E-state index in [4.69, 9.17) is 23.7 Å². The van der Waals surface area contributed by atoms with Gasteiger partial charge in [-0.1, -0.05) is 13.8 Å². The van der Waals surface area contributed by atoms with Crippen LogP contribution in [0.15, 0.2) is 0 Å². The van der Waals surface area contributed by atoms with E-state index in [2.05, 4.69) is 0 Å². The van der Waals surface area contributed by atoms with Crippen molar-refractivity contribution in [1.29, 1.82) is 0 Å². The van der Waals surface area contributed by atoms with Crippen LogP contribution in [0.1, 0.15) is 112 Å². The Morgan fingerprint density at radius 3 is 1.60 bits per heavy atom. The number of carbonyl (C=O) groups excluding carboxylic acids is 2. The van der Waals surface area contributed by atoms with Crippen molar-refractivity contribution in [2.75, 3.05) is 0 Å². The average Bonchev–Trinajstić information content (AvgIpc) is 3.72. The molecule has 0 aromatic carbocycles. The van der Waals surface area contributed by atoms with Gasteiger partial charge in [-0.05, 0) is 85.5 Å². The summed E-state index contributed by atoms with van der Waals surface area (Å²) in [4.78, 5) is 37.1. The molecule has 3 aliphatic rings. The van der Waals surface area contributed by atoms with Gasteiger partial charge in [-0.15, -0.1) is 0 Å². The third kappa shape index (κ3) is 9.89. The zero-order chi connectivity index (χ0) is 31.0. The number of hydrogen-bond donors (Lipinski definition) is 2. The van der Waals surface area contributed by atoms with Crippen molar-refractivity contribution >= 4 is 17.9 Å². The third-order valence-corrected chi connectivity index (χ3v) is 9.41. The van der Waals surface area contributed by atoms with E-state index in [1.54, 1.807) is 6.92 Å². The predicted octanol–water partition coefficient (Wildman–Crippen LogP) is 4.82. The maximum atomic E-state index is 12.9. The fourth-order valence-corrected chi connectivity index (χ4v) is 6.34. The fraction of sp³-hybridized carbons (Fsp3) is 0.906. The Labute approximate surface area is 251 Å². The molecule has 2 N–H and O–H groups in total. The quantitative estimate of drug-likeness (QED) is 0.238. The zero-order valence-electron chi connectivity index (χ0n) is 26.4. The van der Waals surface area contributed by atoms with Gasteiger partial charge in [-0.25, -0.2) is 0 Å². The summed E-state index contributed by atoms with van der Waals surface area (Å²) in [7, 11) is 0. The Hall–Kier alpha value is -1.75. The van der Waals surface area contributed by atoms with E-state index in [0.717, 1.165) is 32.1 Å². The lowest BCUT2D eigenvalue weighted by Crippen LogP contribution is -2.33. The van der Waals surface area contributed by atoms with Crippen LogP contribution >= 0.6 is 0 Å². The van der Waals surface area contributed by atoms with Crippen molar-refractivity contribution in [2.45, 2.75) is 167 Å². The summed E-state index contributed by atoms with van der Waals surface area (Å²) < 4.78 is 29.8. The lowest BCUT2D eigenvalue weighted by atomic mass is 10.00. The number of aliphatic hydroxyl groups excluding tert-OH is 1. The van der Waals surface area contributed by atoms with Crippen LogP contribution < -0.4 is 0 Å². The molecule has 3 saturated heterocycles. The first kappa shape index (κ1) is 34.7. The summed E-state index contributed by atoms with van der Waals surface area (Å²) >= 11 is 0. The van der Waals surface area contributed by atoms with Gasteiger partial charge in [0.2, 0.25) is 0 Å². The molecule has 42 heavy (non-hydrogen) atoms. The minimum Gasteiger partial charge on any atom is -0.481 e. The minimum atomic E-state index is -0.862. The largest absolute Gasteiger partial charge is 0.481 e. The van der Waals surface area contributed by atoms with Gasteiger partial charge in [0.05, 0.1) is 60.5 Å². The number of carboxylic acids is 1. The predicted molar refractivity (Wildman–Crippen MR) is 155 cm³/mol. The monoisotopic (exact) mass is 598 g/mol. The van der Waals surface area contributed by atoms with Crippen LogP contribution in [0.5, 0.6) is 0 Å². The smallest absolute Gasteiger partial charge is 0.311 e. The van der Waals surface area contributed by atoms with Crippen LogP contribution in [-0.4, -0.2) is 83.1 Å². The van der Waals surface area contributed by atoms with Crippen LogP contribution in [0.2, 0.25) is 0 Å². The van der Waals surface area contributed by atoms with Gasteiger partial charge in [0, 0.05) is 12.8 Å². The van der Waals surface area contributed by atoms with Crippen molar-refractivity contribution in [3.05, 3.63) is 0 Å². The van der Waals surface area contributed by atoms with E-state index in [0.29, 0.717) is 38.5 Å². The Kier molecular flexibility index (Phi) is 13.5. The van der Waals surface area contributed by atoms with Crippen molar-refractivity contribution in [1.82, 2.24) is 0 Å². The van der Waals surface area contributed by atoms with Gasteiger partial charge in [-0.3, -0.25) is 14.4 Å². The first-order chi connectivity index (χ1) is 19.9. The van der Waals surface area contributed by atoms with Gasteiger partial charge in [0.15, 0.2) is 0 Å². The number of aliphatic hydroxyl groups is 1. The van der Waals surface area contributed by atoms with Crippen LogP contribution in [-0.2, 0) is 38.1 Å². The van der Waals surface area contributed by atoms with Crippen molar-refractivity contribution in [3.63, 3.8) is 0 Å². The normalized spacial score (nSPS) is 32.1. The molecule has 0 bridgehead atoms. The van der Waals surface area contributed by atoms with Crippen LogP contribution in [0.25, 0.3) is 0 Å². The molecular formula is C32H54O10. The second kappa shape index (κ2) is 16.4. The molecule has 0 aromatic rings. The average molecular weight is 599 g/mol. The topological polar surface area (TPSA) is 138 Å². The van der Waals surface area contributed by atoms with Gasteiger partial charge in [-0.2, -0.15) is 0 Å². The number of hydrogen-bond acceptors (Lipinski definition) is 9. The van der Waals surface area contributed by atoms with E-state index in [9.17, 15) is 24.6 Å². The number of ether oxygens (including phenoxy) is 5. The minimum absolute atomic E-state index is 0.0151. The molecule has 3 fully saturated rings. The van der Waals surface area contributed by atoms with Gasteiger partial charge in [0.1, 0.15) is 12.2 Å². The molecule has 10 nitrogen and oxygen atoms in total. The molecule has 0 amide bonds. The van der Waals surface area contributed by atoms with E-state index in [1.807, 2.05) is 34.6 Å². The molecule has 0 saturated carbocycles. The van der Waals surface area contributed by atoms with E-state index < -0.39 is 17.8 Å². The molecule has 12 unspecified atom stereocenters. The molecular weight excluding hydrogens is 544 g/mol. The Bertz CT molecular complexity index is 879. The number of aliphatic carboxylic acids is 1. The van der Waals surface area contributed by atoms with Gasteiger partial charge >= 0.3 is 17.9 Å². The molecule has 3 aliphatic heterocycles. The molecule has 0 aliphatic carbocycles. The zero-order valence-corrected chi connectivity index (χ0v) is 26.4. The molecule has 3 rings (SSSR count). The highest BCUT2D eigenvalue weighted by atomic mass is 16.6. The van der Waals surface area contributed by atoms with E-state index >= 15 is 0 Å². The summed E-state index contributed by atoms with van der Waals surface area (Å²) in [5.74, 6) is -2.80. The number of esters is 2. The molecule has 0 aromatic heterocycles. The lowest BCUT2D eigenvalue weighted by Gasteiger charge is -2.25. The maximum absolute atomic E-state index is 12.9. The Morgan fingerprint density at radius 1 is 0.667 bits per heavy atom. The Balaban J connectivity index is 1.38. The number of rotatable bonds is 16. The second-order valence-electron chi connectivity index (χ2n) is 12.8. The maximum Gasteiger partial charge on any atom is 0.311 e. The first-order valence-electron chi connectivity index (χ1n) is 16.2. The SMILES string of the molecule is CCC(O)CC1CCC(C(C)C(=O)OC(CC)CC2CCC(C(C)C(=O)OC(C)CC3CCC(C(C)C(=O)O)O3)O2)O1. The molecule has 3 heterocycles. The summed E-state index contributed by atoms with van der Waals surface area (Å²) in [6, 6.07) is 0. The van der Waals surface area contributed by atoms with Gasteiger partial charge in [0.25, 0.3) is 0 Å². The second-order valence-corrected chi connectivity index (χ2v) is 12.8. The molecule has 10 heteroatoms. The Morgan fingerprint density at radius 2 is 1.12 bits per heavy atom. The number of carbonyl (C=O) groups is 3. The van der Waals surface area contributed by atoms with Crippen LogP contribution in [0.3, 0.4) is 0 Å². The summed E-state index contributed by atoms with van der Waals surface area (Å²) in [6.45, 7) is 11.1. The molecule has 12 atom stereocenters. The van der Waals surface area contributed by atoms with Crippen molar-refractivity contribution in [3.8, 4) is 0 Å². The highest BCUT2D eigenvalue weighted by molar-refractivity contribution is 5.73. The van der Waals surface area contributed by atoms with Crippen molar-refractivity contribution < 1.29 is 48.3 Å². The van der Waals surface area contributed by atoms with E-state index in [-0.39, 0.29) is 72.8 Å². The van der Waals surface area contributed by atoms with E-state index in [1.165, 1.54) is 0 Å². The van der Waals surface area contributed by atoms with Crippen LogP contribution in [0.4, 0.5) is 0 Å². The summed E-state index contributed by atoms with van der Waals surface area (Å²) in [5, 5.41) is 19.1. The molecule has 0 radical (unpaired) electrons. The summed E-state index contributed by atoms with van der Waals surface area (Å²) in [6.07, 6.45) is 5.69. The van der Waals surface area contributed by atoms with Crippen molar-refractivity contribution in [2.24, 2.45) is 17.8 Å². The summed E-state index contributed by atoms with van der Waals surface area (Å²) in [5.41, 5.74) is 0. The first-order valence-corrected chi connectivity index (χ1v) is 16.2.